The molecule has 1 saturated heterocycles. The Bertz CT molecular complexity index is 890. The molecule has 2 rings (SSSR count). The van der Waals surface area contributed by atoms with Gasteiger partial charge in [-0.05, 0) is 27.5 Å². The summed E-state index contributed by atoms with van der Waals surface area (Å²) in [6.45, 7) is 2.23. The SMILES string of the molecule is CO[C@@H]1[C@@H](N=[N+]=[N-])[C@@H](OC(C)=O)[C@@H](COC(C)=O)O[C@H]1Sc1cnc(C#N)c(Br)c1. The van der Waals surface area contributed by atoms with E-state index in [4.69, 9.17) is 29.7 Å². The molecule has 0 spiro atoms. The minimum Gasteiger partial charge on any atom is -0.463 e. The van der Waals surface area contributed by atoms with Gasteiger partial charge in [-0.3, -0.25) is 9.59 Å². The number of aromatic nitrogens is 1. The van der Waals surface area contributed by atoms with Gasteiger partial charge in [-0.25, -0.2) is 4.98 Å². The van der Waals surface area contributed by atoms with Crippen molar-refractivity contribution in [2.24, 2.45) is 5.11 Å². The molecule has 1 aromatic heterocycles. The average Bonchev–Trinajstić information content (AvgIpc) is 2.68. The lowest BCUT2D eigenvalue weighted by molar-refractivity contribution is -0.196. The Kier molecular flexibility index (Phi) is 8.88. The lowest BCUT2D eigenvalue weighted by Gasteiger charge is -2.43. The zero-order valence-electron chi connectivity index (χ0n) is 16.2. The first-order valence-corrected chi connectivity index (χ1v) is 10.2. The van der Waals surface area contributed by atoms with Crippen LogP contribution in [0.2, 0.25) is 0 Å². The average molecular weight is 500 g/mol. The summed E-state index contributed by atoms with van der Waals surface area (Å²) in [7, 11) is 1.41. The lowest BCUT2D eigenvalue weighted by Crippen LogP contribution is -2.59. The van der Waals surface area contributed by atoms with Crippen molar-refractivity contribution < 1.29 is 28.5 Å². The molecule has 0 aromatic carbocycles. The summed E-state index contributed by atoms with van der Waals surface area (Å²) in [5.41, 5.74) is 8.54. The summed E-state index contributed by atoms with van der Waals surface area (Å²) in [5.74, 6) is -1.16. The second kappa shape index (κ2) is 11.1. The first-order valence-electron chi connectivity index (χ1n) is 8.56. The van der Waals surface area contributed by atoms with E-state index in [0.717, 1.165) is 0 Å². The van der Waals surface area contributed by atoms with E-state index in [-0.39, 0.29) is 12.3 Å². The summed E-state index contributed by atoms with van der Waals surface area (Å²) in [6, 6.07) is 2.70. The van der Waals surface area contributed by atoms with Crippen LogP contribution in [0, 0.1) is 11.3 Å². The molecule has 0 amide bonds. The fraction of sp³-hybridized carbons (Fsp3) is 0.529. The summed E-state index contributed by atoms with van der Waals surface area (Å²) in [5, 5.41) is 12.8. The van der Waals surface area contributed by atoms with E-state index in [1.165, 1.54) is 38.9 Å². The van der Waals surface area contributed by atoms with Crippen LogP contribution in [0.15, 0.2) is 26.7 Å². The number of pyridine rings is 1. The van der Waals surface area contributed by atoms with Gasteiger partial charge in [0.1, 0.15) is 42.5 Å². The van der Waals surface area contributed by atoms with Crippen LogP contribution >= 0.6 is 27.7 Å². The number of halogens is 1. The monoisotopic (exact) mass is 499 g/mol. The summed E-state index contributed by atoms with van der Waals surface area (Å²) < 4.78 is 22.4. The van der Waals surface area contributed by atoms with Crippen molar-refractivity contribution in [3.63, 3.8) is 0 Å². The lowest BCUT2D eigenvalue weighted by atomic mass is 9.97. The molecule has 13 heteroatoms. The van der Waals surface area contributed by atoms with Gasteiger partial charge in [0.05, 0.1) is 4.47 Å². The molecular weight excluding hydrogens is 482 g/mol. The molecule has 0 radical (unpaired) electrons. The van der Waals surface area contributed by atoms with Gasteiger partial charge in [0.2, 0.25) is 0 Å². The van der Waals surface area contributed by atoms with Crippen LogP contribution in [-0.4, -0.2) is 60.4 Å². The third-order valence-electron chi connectivity index (χ3n) is 4.00. The number of esters is 2. The summed E-state index contributed by atoms with van der Waals surface area (Å²) in [4.78, 5) is 30.4. The van der Waals surface area contributed by atoms with Crippen molar-refractivity contribution in [3.05, 3.63) is 32.9 Å². The number of rotatable bonds is 7. The Morgan fingerprint density at radius 3 is 2.70 bits per heavy atom. The fourth-order valence-corrected chi connectivity index (χ4v) is 4.56. The Morgan fingerprint density at radius 2 is 2.17 bits per heavy atom. The quantitative estimate of drug-likeness (QED) is 0.238. The number of hydrogen-bond donors (Lipinski definition) is 0. The van der Waals surface area contributed by atoms with Crippen molar-refractivity contribution in [1.29, 1.82) is 5.26 Å². The number of carbonyl (C=O) groups excluding carboxylic acids is 2. The topological polar surface area (TPSA) is 156 Å². The first kappa shape index (κ1) is 23.9. The highest BCUT2D eigenvalue weighted by molar-refractivity contribution is 9.10. The van der Waals surface area contributed by atoms with E-state index < -0.39 is 41.7 Å². The van der Waals surface area contributed by atoms with E-state index in [9.17, 15) is 9.59 Å². The van der Waals surface area contributed by atoms with E-state index in [1.807, 2.05) is 6.07 Å². The maximum absolute atomic E-state index is 11.6. The predicted octanol–water partition coefficient (Wildman–Crippen LogP) is 2.72. The van der Waals surface area contributed by atoms with Crippen LogP contribution in [0.25, 0.3) is 10.4 Å². The number of ether oxygens (including phenoxy) is 4. The molecule has 11 nitrogen and oxygen atoms in total. The van der Waals surface area contributed by atoms with Crippen LogP contribution in [0.4, 0.5) is 0 Å². The number of methoxy groups -OCH3 is 1. The van der Waals surface area contributed by atoms with E-state index in [1.54, 1.807) is 6.07 Å². The highest BCUT2D eigenvalue weighted by Crippen LogP contribution is 2.37. The predicted molar refractivity (Wildman–Crippen MR) is 107 cm³/mol. The van der Waals surface area contributed by atoms with Gasteiger partial charge in [0.25, 0.3) is 0 Å². The number of nitriles is 1. The van der Waals surface area contributed by atoms with E-state index in [0.29, 0.717) is 9.37 Å². The van der Waals surface area contributed by atoms with Gasteiger partial charge in [0.15, 0.2) is 5.69 Å². The van der Waals surface area contributed by atoms with Gasteiger partial charge in [0, 0.05) is 37.0 Å². The number of nitrogens with zero attached hydrogens (tertiary/aromatic N) is 5. The van der Waals surface area contributed by atoms with Crippen LogP contribution < -0.4 is 0 Å². The van der Waals surface area contributed by atoms with Crippen molar-refractivity contribution >= 4 is 39.6 Å². The molecule has 160 valence electrons. The van der Waals surface area contributed by atoms with Crippen molar-refractivity contribution in [3.8, 4) is 6.07 Å². The standard InChI is InChI=1S/C17H18BrN5O6S/c1-8(24)27-7-13-15(28-9(2)25)14(22-23-20)16(26-3)17(29-13)30-10-4-11(18)12(5-19)21-6-10/h4,6,13-17H,7H2,1-3H3/t13-,14+,15+,16-,17+/m1/s1. The molecule has 30 heavy (non-hydrogen) atoms. The Balaban J connectivity index is 2.37. The summed E-state index contributed by atoms with van der Waals surface area (Å²) in [6.07, 6.45) is -1.22. The van der Waals surface area contributed by atoms with Gasteiger partial charge < -0.3 is 18.9 Å². The minimum absolute atomic E-state index is 0.215. The fourth-order valence-electron chi connectivity index (χ4n) is 2.80. The Morgan fingerprint density at radius 1 is 1.43 bits per heavy atom. The Hall–Kier alpha value is -2.36. The van der Waals surface area contributed by atoms with Gasteiger partial charge in [-0.15, -0.1) is 0 Å². The van der Waals surface area contributed by atoms with Crippen LogP contribution in [0.5, 0.6) is 0 Å². The van der Waals surface area contributed by atoms with Crippen molar-refractivity contribution in [2.75, 3.05) is 13.7 Å². The molecule has 0 bridgehead atoms. The molecule has 1 aliphatic heterocycles. The van der Waals surface area contributed by atoms with Crippen LogP contribution in [0.3, 0.4) is 0 Å². The number of carbonyl (C=O) groups is 2. The molecule has 2 heterocycles. The smallest absolute Gasteiger partial charge is 0.303 e. The molecule has 1 aromatic rings. The highest BCUT2D eigenvalue weighted by Gasteiger charge is 2.48. The molecule has 1 aliphatic rings. The first-order chi connectivity index (χ1) is 14.3. The minimum atomic E-state index is -1.02. The Labute approximate surface area is 184 Å². The van der Waals surface area contributed by atoms with Gasteiger partial charge >= 0.3 is 11.9 Å². The van der Waals surface area contributed by atoms with Gasteiger partial charge in [-0.2, -0.15) is 5.26 Å². The second-order valence-electron chi connectivity index (χ2n) is 6.05. The molecule has 0 unspecified atom stereocenters. The maximum atomic E-state index is 11.6. The largest absolute Gasteiger partial charge is 0.463 e. The third kappa shape index (κ3) is 6.07. The molecule has 0 saturated carbocycles. The zero-order valence-corrected chi connectivity index (χ0v) is 18.6. The second-order valence-corrected chi connectivity index (χ2v) is 8.07. The van der Waals surface area contributed by atoms with E-state index in [2.05, 4.69) is 30.9 Å². The third-order valence-corrected chi connectivity index (χ3v) is 5.71. The van der Waals surface area contributed by atoms with Crippen molar-refractivity contribution in [2.45, 2.75) is 48.5 Å². The number of hydrogen-bond acceptors (Lipinski definition) is 10. The normalized spacial score (nSPS) is 25.5. The molecule has 0 N–H and O–H groups in total. The van der Waals surface area contributed by atoms with Crippen LogP contribution in [0.1, 0.15) is 19.5 Å². The maximum Gasteiger partial charge on any atom is 0.303 e. The number of thioether (sulfide) groups is 1. The summed E-state index contributed by atoms with van der Waals surface area (Å²) >= 11 is 4.48. The van der Waals surface area contributed by atoms with E-state index >= 15 is 0 Å². The van der Waals surface area contributed by atoms with Crippen molar-refractivity contribution in [1.82, 2.24) is 4.98 Å². The molecule has 5 atom stereocenters. The molecule has 1 fully saturated rings. The number of azide groups is 1. The molecule has 0 aliphatic carbocycles. The zero-order chi connectivity index (χ0) is 22.3. The van der Waals surface area contributed by atoms with Gasteiger partial charge in [-0.1, -0.05) is 16.9 Å². The molecular formula is C17H18BrN5O6S. The van der Waals surface area contributed by atoms with Crippen LogP contribution in [-0.2, 0) is 28.5 Å². The highest BCUT2D eigenvalue weighted by atomic mass is 79.9.